The molecule has 1 aliphatic carbocycles. The lowest BCUT2D eigenvalue weighted by Gasteiger charge is -2.29. The fraction of sp³-hybridized carbons (Fsp3) is 0.484. The third kappa shape index (κ3) is 8.38. The number of halogens is 3. The van der Waals surface area contributed by atoms with Gasteiger partial charge in [-0.05, 0) is 112 Å². The van der Waals surface area contributed by atoms with Gasteiger partial charge in [-0.1, -0.05) is 54.6 Å². The fourth-order valence-corrected chi connectivity index (χ4v) is 4.97. The van der Waals surface area contributed by atoms with Crippen LogP contribution in [0.4, 0.5) is 13.2 Å². The molecule has 35 heavy (non-hydrogen) atoms. The minimum atomic E-state index is -3.65. The van der Waals surface area contributed by atoms with Crippen LogP contribution in [0.5, 0.6) is 0 Å². The molecule has 0 aromatic heterocycles. The monoisotopic (exact) mass is 484 g/mol. The molecule has 1 aliphatic rings. The Labute approximate surface area is 209 Å². The van der Waals surface area contributed by atoms with Gasteiger partial charge in [-0.25, -0.2) is 4.39 Å². The van der Waals surface area contributed by atoms with E-state index < -0.39 is 17.5 Å². The lowest BCUT2D eigenvalue weighted by molar-refractivity contribution is -0.249. The van der Waals surface area contributed by atoms with E-state index in [-0.39, 0.29) is 12.5 Å². The Morgan fingerprint density at radius 2 is 1.49 bits per heavy atom. The number of aryl methyl sites for hydroxylation is 1. The van der Waals surface area contributed by atoms with Gasteiger partial charge in [-0.15, -0.1) is 0 Å². The molecule has 0 aliphatic heterocycles. The molecule has 2 aromatic carbocycles. The number of hydrogen-bond acceptors (Lipinski definition) is 1. The van der Waals surface area contributed by atoms with Gasteiger partial charge in [0.1, 0.15) is 5.82 Å². The molecule has 0 unspecified atom stereocenters. The zero-order chi connectivity index (χ0) is 25.1. The fourth-order valence-electron chi connectivity index (χ4n) is 4.97. The van der Waals surface area contributed by atoms with Crippen molar-refractivity contribution in [2.45, 2.75) is 83.7 Å². The van der Waals surface area contributed by atoms with Crippen LogP contribution in [-0.2, 0) is 23.7 Å². The summed E-state index contributed by atoms with van der Waals surface area (Å²) in [7, 11) is 0. The van der Waals surface area contributed by atoms with Crippen LogP contribution in [0.3, 0.4) is 0 Å². The van der Waals surface area contributed by atoms with Crippen LogP contribution in [0.25, 0.3) is 0 Å². The van der Waals surface area contributed by atoms with Crippen molar-refractivity contribution in [2.75, 3.05) is 6.61 Å². The predicted octanol–water partition coefficient (Wildman–Crippen LogP) is 9.27. The van der Waals surface area contributed by atoms with E-state index in [0.29, 0.717) is 12.3 Å². The Morgan fingerprint density at radius 3 is 2.11 bits per heavy atom. The number of ether oxygens (including phenoxy) is 1. The van der Waals surface area contributed by atoms with Crippen LogP contribution in [0.15, 0.2) is 66.8 Å². The summed E-state index contributed by atoms with van der Waals surface area (Å²) in [5.41, 5.74) is 2.28. The lowest BCUT2D eigenvalue weighted by atomic mass is 9.77. The molecule has 2 aromatic rings. The molecule has 4 heteroatoms. The van der Waals surface area contributed by atoms with Gasteiger partial charge in [0.15, 0.2) is 0 Å². The smallest absolute Gasteiger partial charge is 0.316 e. The SMILES string of the molecule is CC=CCCc1ccc(CCOC(F)(F)c2ccc(C3CCC(CCC=CC)CC3)cc2F)cc1. The van der Waals surface area contributed by atoms with Gasteiger partial charge in [-0.2, -0.15) is 8.78 Å². The number of alkyl halides is 2. The van der Waals surface area contributed by atoms with Gasteiger partial charge in [-0.3, -0.25) is 0 Å². The molecule has 1 fully saturated rings. The first-order valence-electron chi connectivity index (χ1n) is 13.0. The van der Waals surface area contributed by atoms with E-state index in [0.717, 1.165) is 56.1 Å². The molecule has 3 rings (SSSR count). The summed E-state index contributed by atoms with van der Waals surface area (Å²) in [6.07, 6.45) is 13.5. The van der Waals surface area contributed by atoms with E-state index in [2.05, 4.69) is 18.2 Å². The lowest BCUT2D eigenvalue weighted by Crippen LogP contribution is -2.22. The molecule has 0 saturated heterocycles. The maximum Gasteiger partial charge on any atom is 0.386 e. The van der Waals surface area contributed by atoms with Crippen LogP contribution < -0.4 is 0 Å². The normalized spacial score (nSPS) is 19.1. The van der Waals surface area contributed by atoms with Crippen LogP contribution in [-0.4, -0.2) is 6.61 Å². The number of benzene rings is 2. The van der Waals surface area contributed by atoms with E-state index in [4.69, 9.17) is 4.74 Å². The summed E-state index contributed by atoms with van der Waals surface area (Å²) in [4.78, 5) is 0. The average Bonchev–Trinajstić information content (AvgIpc) is 2.85. The molecule has 190 valence electrons. The van der Waals surface area contributed by atoms with E-state index in [1.807, 2.05) is 44.2 Å². The van der Waals surface area contributed by atoms with E-state index >= 15 is 0 Å². The summed E-state index contributed by atoms with van der Waals surface area (Å²) in [6.45, 7) is 3.86. The van der Waals surface area contributed by atoms with Crippen LogP contribution in [0.2, 0.25) is 0 Å². The van der Waals surface area contributed by atoms with E-state index in [9.17, 15) is 13.2 Å². The van der Waals surface area contributed by atoms with Crippen molar-refractivity contribution in [1.29, 1.82) is 0 Å². The van der Waals surface area contributed by atoms with Gasteiger partial charge in [0.05, 0.1) is 12.2 Å². The first kappa shape index (κ1) is 27.3. The topological polar surface area (TPSA) is 9.23 Å². The van der Waals surface area contributed by atoms with Crippen molar-refractivity contribution in [1.82, 2.24) is 0 Å². The maximum absolute atomic E-state index is 14.7. The molecule has 0 amide bonds. The molecule has 1 saturated carbocycles. The van der Waals surface area contributed by atoms with Gasteiger partial charge in [0.2, 0.25) is 0 Å². The summed E-state index contributed by atoms with van der Waals surface area (Å²) in [5.74, 6) is 0.0685. The zero-order valence-corrected chi connectivity index (χ0v) is 21.1. The highest BCUT2D eigenvalue weighted by Gasteiger charge is 2.36. The molecule has 0 bridgehead atoms. The number of allylic oxidation sites excluding steroid dienone is 4. The molecule has 0 radical (unpaired) electrons. The first-order valence-corrected chi connectivity index (χ1v) is 13.0. The van der Waals surface area contributed by atoms with E-state index in [1.54, 1.807) is 6.07 Å². The second-order valence-electron chi connectivity index (χ2n) is 9.64. The van der Waals surface area contributed by atoms with Crippen LogP contribution >= 0.6 is 0 Å². The van der Waals surface area contributed by atoms with E-state index in [1.165, 1.54) is 24.1 Å². The Hall–Kier alpha value is -2.33. The molecular weight excluding hydrogens is 445 g/mol. The van der Waals surface area contributed by atoms with Gasteiger partial charge < -0.3 is 4.74 Å². The Morgan fingerprint density at radius 1 is 0.857 bits per heavy atom. The molecule has 0 heterocycles. The summed E-state index contributed by atoms with van der Waals surface area (Å²) in [6, 6.07) is 12.1. The van der Waals surface area contributed by atoms with Crippen molar-refractivity contribution in [3.8, 4) is 0 Å². The Bertz CT molecular complexity index is 954. The summed E-state index contributed by atoms with van der Waals surface area (Å²) >= 11 is 0. The zero-order valence-electron chi connectivity index (χ0n) is 21.1. The van der Waals surface area contributed by atoms with Crippen molar-refractivity contribution in [3.05, 3.63) is 94.8 Å². The summed E-state index contributed by atoms with van der Waals surface area (Å²) in [5, 5.41) is 0. The van der Waals surface area contributed by atoms with Crippen molar-refractivity contribution >= 4 is 0 Å². The maximum atomic E-state index is 14.7. The molecule has 0 atom stereocenters. The first-order chi connectivity index (χ1) is 16.9. The standard InChI is InChI=1S/C31H39F3O/c1-3-5-7-9-24-11-13-26(14-12-24)21-22-35-31(33,34)29-20-19-28(23-30(29)32)27-17-15-25(16-18-27)10-8-6-4-2/h3-6,11-14,19-20,23,25,27H,7-10,15-18,21-22H2,1-2H3. The minimum Gasteiger partial charge on any atom is -0.316 e. The Balaban J connectivity index is 1.50. The highest BCUT2D eigenvalue weighted by atomic mass is 19.3. The molecule has 1 nitrogen and oxygen atoms in total. The number of hydrogen-bond donors (Lipinski definition) is 0. The molecule has 0 N–H and O–H groups in total. The van der Waals surface area contributed by atoms with Crippen LogP contribution in [0.1, 0.15) is 87.0 Å². The van der Waals surface area contributed by atoms with Crippen molar-refractivity contribution in [3.63, 3.8) is 0 Å². The molecule has 0 spiro atoms. The van der Waals surface area contributed by atoms with Gasteiger partial charge >= 0.3 is 6.11 Å². The summed E-state index contributed by atoms with van der Waals surface area (Å²) < 4.78 is 48.9. The number of rotatable bonds is 12. The van der Waals surface area contributed by atoms with Crippen molar-refractivity contribution in [2.24, 2.45) is 5.92 Å². The highest BCUT2D eigenvalue weighted by Crippen LogP contribution is 2.39. The second kappa shape index (κ2) is 13.7. The third-order valence-corrected chi connectivity index (χ3v) is 7.13. The van der Waals surface area contributed by atoms with Crippen LogP contribution in [0, 0.1) is 11.7 Å². The minimum absolute atomic E-state index is 0.177. The van der Waals surface area contributed by atoms with Crippen molar-refractivity contribution < 1.29 is 17.9 Å². The quantitative estimate of drug-likeness (QED) is 0.273. The molecular formula is C31H39F3O. The Kier molecular flexibility index (Phi) is 10.7. The third-order valence-electron chi connectivity index (χ3n) is 7.13. The van der Waals surface area contributed by atoms with Gasteiger partial charge in [0, 0.05) is 0 Å². The highest BCUT2D eigenvalue weighted by molar-refractivity contribution is 5.29. The second-order valence-corrected chi connectivity index (χ2v) is 9.64. The largest absolute Gasteiger partial charge is 0.386 e. The van der Waals surface area contributed by atoms with Gasteiger partial charge in [0.25, 0.3) is 0 Å². The predicted molar refractivity (Wildman–Crippen MR) is 138 cm³/mol. The average molecular weight is 485 g/mol.